The van der Waals surface area contributed by atoms with Gasteiger partial charge in [-0.1, -0.05) is 135 Å². The zero-order valence-electron chi connectivity index (χ0n) is 29.7. The molecular weight excluding hydrogens is 659 g/mol. The number of aromatic nitrogens is 3. The van der Waals surface area contributed by atoms with Gasteiger partial charge in [-0.15, -0.1) is 0 Å². The fourth-order valence-corrected chi connectivity index (χ4v) is 9.25. The van der Waals surface area contributed by atoms with Crippen LogP contribution in [0.3, 0.4) is 0 Å². The molecule has 4 heteroatoms. The molecule has 2 aromatic heterocycles. The lowest BCUT2D eigenvalue weighted by atomic mass is 9.79. The second kappa shape index (κ2) is 10.6. The monoisotopic (exact) mass is 689 g/mol. The summed E-state index contributed by atoms with van der Waals surface area (Å²) in [6, 6.07) is 53.9. The number of fused-ring (bicyclic) bond motifs is 2. The van der Waals surface area contributed by atoms with Gasteiger partial charge in [-0.05, 0) is 91.0 Å². The molecule has 0 saturated heterocycles. The lowest BCUT2D eigenvalue weighted by molar-refractivity contribution is 0.661. The van der Waals surface area contributed by atoms with E-state index in [-0.39, 0.29) is 5.41 Å². The third-order valence-corrected chi connectivity index (χ3v) is 11.8. The summed E-state index contributed by atoms with van der Waals surface area (Å²) in [6.45, 7) is 4.76. The molecule has 0 aliphatic heterocycles. The summed E-state index contributed by atoms with van der Waals surface area (Å²) in [5, 5.41) is 7.25. The number of hydrogen-bond donors (Lipinski definition) is 0. The van der Waals surface area contributed by atoms with Crippen molar-refractivity contribution in [1.29, 1.82) is 0 Å². The number of hydrogen-bond acceptors (Lipinski definition) is 4. The quantitative estimate of drug-likeness (QED) is 0.185. The molecule has 0 fully saturated rings. The van der Waals surface area contributed by atoms with Crippen molar-refractivity contribution >= 4 is 43.5 Å². The van der Waals surface area contributed by atoms with Gasteiger partial charge in [0, 0.05) is 38.3 Å². The Morgan fingerprint density at radius 3 is 1.87 bits per heavy atom. The van der Waals surface area contributed by atoms with Crippen LogP contribution >= 0.6 is 0 Å². The number of rotatable bonds is 4. The second-order valence-corrected chi connectivity index (χ2v) is 15.2. The number of nitrogens with zero attached hydrogens (tertiary/aromatic N) is 3. The van der Waals surface area contributed by atoms with Gasteiger partial charge in [0.1, 0.15) is 11.2 Å². The lowest BCUT2D eigenvalue weighted by Gasteiger charge is -2.23. The molecule has 0 spiro atoms. The normalized spacial score (nSPS) is 13.5. The van der Waals surface area contributed by atoms with Crippen molar-refractivity contribution in [1.82, 2.24) is 15.0 Å². The van der Waals surface area contributed by atoms with E-state index in [1.165, 1.54) is 66.1 Å². The van der Waals surface area contributed by atoms with E-state index < -0.39 is 0 Å². The average molecular weight is 690 g/mol. The Labute approximate surface area is 311 Å². The van der Waals surface area contributed by atoms with Crippen LogP contribution in [-0.4, -0.2) is 15.0 Å². The highest BCUT2D eigenvalue weighted by Gasteiger charge is 2.40. The minimum Gasteiger partial charge on any atom is -0.456 e. The van der Waals surface area contributed by atoms with Crippen LogP contribution in [0.25, 0.3) is 111 Å². The topological polar surface area (TPSA) is 51.8 Å². The molecule has 0 bridgehead atoms. The second-order valence-electron chi connectivity index (χ2n) is 15.2. The minimum absolute atomic E-state index is 0.170. The molecule has 0 amide bonds. The van der Waals surface area contributed by atoms with Crippen LogP contribution in [0.1, 0.15) is 25.0 Å². The molecule has 10 aromatic rings. The molecule has 0 atom stereocenters. The zero-order chi connectivity index (χ0) is 35.7. The number of benzene rings is 8. The molecule has 0 N–H and O–H groups in total. The Morgan fingerprint density at radius 1 is 0.407 bits per heavy atom. The standard InChI is InChI=1S/C50H31N3O/c1-50(2)38-23-20-28-21-24-41-46-42(28)45(38)43-37(35-16-10-18-40(54-41)44(35)46)26-33(27-39(43)50)31-19-22-34-32(25-31)15-9-17-36(34)49-52-47(29-11-5-3-6-12-29)51-48(53-49)30-13-7-4-8-14-30/h3-27H,1-2H3. The SMILES string of the molecule is CC1(C)c2cc(-c3ccc4c(-c5nc(-c6ccccc6)nc(-c6ccccc6)n5)cccc4c3)cc3c2-c2c1ccc1ccc4oc5cccc-3c5c4c21. The van der Waals surface area contributed by atoms with Gasteiger partial charge in [0.05, 0.1) is 0 Å². The summed E-state index contributed by atoms with van der Waals surface area (Å²) in [4.78, 5) is 15.0. The first-order valence-corrected chi connectivity index (χ1v) is 18.5. The third kappa shape index (κ3) is 4.00. The Kier molecular flexibility index (Phi) is 5.81. The first-order valence-electron chi connectivity index (χ1n) is 18.5. The Bertz CT molecular complexity index is 3170. The Hall–Kier alpha value is -6.91. The van der Waals surface area contributed by atoms with Crippen molar-refractivity contribution in [2.24, 2.45) is 0 Å². The van der Waals surface area contributed by atoms with Crippen molar-refractivity contribution in [3.8, 4) is 67.5 Å². The van der Waals surface area contributed by atoms with E-state index in [0.717, 1.165) is 38.6 Å². The molecule has 2 heterocycles. The fraction of sp³-hybridized carbons (Fsp3) is 0.0600. The number of furan rings is 1. The average Bonchev–Trinajstić information content (AvgIpc) is 3.68. The van der Waals surface area contributed by atoms with Crippen LogP contribution in [0, 0.1) is 0 Å². The molecule has 2 aliphatic carbocycles. The Morgan fingerprint density at radius 2 is 1.09 bits per heavy atom. The molecule has 0 saturated carbocycles. The predicted octanol–water partition coefficient (Wildman–Crippen LogP) is 13.0. The van der Waals surface area contributed by atoms with Crippen molar-refractivity contribution in [3.63, 3.8) is 0 Å². The van der Waals surface area contributed by atoms with Crippen molar-refractivity contribution in [2.75, 3.05) is 0 Å². The molecular formula is C50H31N3O. The van der Waals surface area contributed by atoms with Gasteiger partial charge in [-0.25, -0.2) is 15.0 Å². The lowest BCUT2D eigenvalue weighted by Crippen LogP contribution is -2.15. The van der Waals surface area contributed by atoms with E-state index >= 15 is 0 Å². The highest BCUT2D eigenvalue weighted by Crippen LogP contribution is 2.59. The zero-order valence-corrected chi connectivity index (χ0v) is 29.7. The van der Waals surface area contributed by atoms with E-state index in [0.29, 0.717) is 17.5 Å². The maximum absolute atomic E-state index is 6.52. The maximum atomic E-state index is 6.52. The van der Waals surface area contributed by atoms with Crippen LogP contribution in [0.4, 0.5) is 0 Å². The van der Waals surface area contributed by atoms with E-state index in [1.54, 1.807) is 0 Å². The first-order chi connectivity index (χ1) is 26.5. The summed E-state index contributed by atoms with van der Waals surface area (Å²) in [5.74, 6) is 1.97. The molecule has 252 valence electrons. The fourth-order valence-electron chi connectivity index (χ4n) is 9.25. The minimum atomic E-state index is -0.170. The molecule has 0 unspecified atom stereocenters. The molecule has 0 radical (unpaired) electrons. The Balaban J connectivity index is 1.06. The van der Waals surface area contributed by atoms with Crippen molar-refractivity contribution in [3.05, 3.63) is 163 Å². The summed E-state index contributed by atoms with van der Waals surface area (Å²) in [7, 11) is 0. The summed E-state index contributed by atoms with van der Waals surface area (Å²) >= 11 is 0. The van der Waals surface area contributed by atoms with Crippen LogP contribution in [0.5, 0.6) is 0 Å². The van der Waals surface area contributed by atoms with Crippen LogP contribution in [-0.2, 0) is 5.41 Å². The van der Waals surface area contributed by atoms with E-state index in [9.17, 15) is 0 Å². The van der Waals surface area contributed by atoms with Gasteiger partial charge in [-0.2, -0.15) is 0 Å². The van der Waals surface area contributed by atoms with Crippen molar-refractivity contribution in [2.45, 2.75) is 19.3 Å². The molecule has 8 aromatic carbocycles. The molecule has 2 aliphatic rings. The van der Waals surface area contributed by atoms with Gasteiger partial charge in [-0.3, -0.25) is 0 Å². The summed E-state index contributed by atoms with van der Waals surface area (Å²) in [5.41, 5.74) is 15.0. The first kappa shape index (κ1) is 29.6. The van der Waals surface area contributed by atoms with Crippen molar-refractivity contribution < 1.29 is 4.42 Å². The predicted molar refractivity (Wildman–Crippen MR) is 220 cm³/mol. The van der Waals surface area contributed by atoms with Gasteiger partial charge in [0.2, 0.25) is 0 Å². The summed E-state index contributed by atoms with van der Waals surface area (Å²) in [6.07, 6.45) is 0. The smallest absolute Gasteiger partial charge is 0.164 e. The van der Waals surface area contributed by atoms with Crippen LogP contribution in [0.15, 0.2) is 156 Å². The van der Waals surface area contributed by atoms with E-state index in [4.69, 9.17) is 19.4 Å². The highest BCUT2D eigenvalue weighted by atomic mass is 16.3. The van der Waals surface area contributed by atoms with Gasteiger partial charge < -0.3 is 4.42 Å². The van der Waals surface area contributed by atoms with Gasteiger partial charge in [0.15, 0.2) is 17.5 Å². The molecule has 4 nitrogen and oxygen atoms in total. The van der Waals surface area contributed by atoms with Crippen LogP contribution < -0.4 is 0 Å². The molecule has 12 rings (SSSR count). The van der Waals surface area contributed by atoms with E-state index in [1.807, 2.05) is 60.7 Å². The summed E-state index contributed by atoms with van der Waals surface area (Å²) < 4.78 is 6.52. The van der Waals surface area contributed by atoms with Gasteiger partial charge >= 0.3 is 0 Å². The van der Waals surface area contributed by atoms with E-state index in [2.05, 4.69) is 105 Å². The largest absolute Gasteiger partial charge is 0.456 e. The van der Waals surface area contributed by atoms with Gasteiger partial charge in [0.25, 0.3) is 0 Å². The highest BCUT2D eigenvalue weighted by molar-refractivity contribution is 6.30. The third-order valence-electron chi connectivity index (χ3n) is 11.8. The molecule has 54 heavy (non-hydrogen) atoms. The van der Waals surface area contributed by atoms with Crippen LogP contribution in [0.2, 0.25) is 0 Å². The maximum Gasteiger partial charge on any atom is 0.164 e.